The number of aryl methyl sites for hydroxylation is 1. The molecule has 32 heavy (non-hydrogen) atoms. The summed E-state index contributed by atoms with van der Waals surface area (Å²) in [6, 6.07) is 4.99. The van der Waals surface area contributed by atoms with E-state index in [1.165, 1.54) is 0 Å². The van der Waals surface area contributed by atoms with E-state index in [0.717, 1.165) is 11.1 Å². The van der Waals surface area contributed by atoms with Crippen LogP contribution in [0.25, 0.3) is 22.5 Å². The van der Waals surface area contributed by atoms with Gasteiger partial charge in [-0.25, -0.2) is 13.8 Å². The van der Waals surface area contributed by atoms with Crippen LogP contribution in [0.15, 0.2) is 36.8 Å². The van der Waals surface area contributed by atoms with E-state index in [1.54, 1.807) is 29.2 Å². The van der Waals surface area contributed by atoms with Crippen molar-refractivity contribution in [2.45, 2.75) is 49.7 Å². The lowest BCUT2D eigenvalue weighted by molar-refractivity contribution is -0.0669. The van der Waals surface area contributed by atoms with Gasteiger partial charge in [-0.1, -0.05) is 6.07 Å². The number of hydrogen-bond donors (Lipinski definition) is 2. The summed E-state index contributed by atoms with van der Waals surface area (Å²) in [5, 5.41) is 26.5. The first-order valence-electron chi connectivity index (χ1n) is 10.7. The summed E-state index contributed by atoms with van der Waals surface area (Å²) in [6.45, 7) is 0. The molecule has 4 heterocycles. The van der Waals surface area contributed by atoms with Crippen molar-refractivity contribution in [1.82, 2.24) is 30.3 Å². The number of rotatable bonds is 4. The standard InChI is InChI=1S/C22H25F2N7O/c1-30-12-14(10-26-30)13-3-4-18(19(32)5-13)21-25-11-20(28-29-21)31(2)17-6-15-8-22(23,24)9-16(7-17)27-15/h3-5,10-12,15-17,27,32H,6-9H2,1-2H3/t15-,16-/m0/s1. The molecular formula is C22H25F2N7O. The number of aromatic hydroxyl groups is 1. The van der Waals surface area contributed by atoms with Crippen LogP contribution >= 0.6 is 0 Å². The number of piperidine rings is 2. The maximum absolute atomic E-state index is 13.8. The number of nitrogens with one attached hydrogen (secondary N) is 1. The minimum absolute atomic E-state index is 0.0568. The van der Waals surface area contributed by atoms with Crippen LogP contribution in [0.2, 0.25) is 0 Å². The van der Waals surface area contributed by atoms with Gasteiger partial charge in [-0.2, -0.15) is 5.10 Å². The number of alkyl halides is 2. The molecule has 0 radical (unpaired) electrons. The lowest BCUT2D eigenvalue weighted by atomic mass is 9.81. The normalized spacial score (nSPS) is 24.3. The highest BCUT2D eigenvalue weighted by atomic mass is 19.3. The van der Waals surface area contributed by atoms with Gasteiger partial charge in [0.1, 0.15) is 5.75 Å². The summed E-state index contributed by atoms with van der Waals surface area (Å²) in [6.07, 6.45) is 6.23. The van der Waals surface area contributed by atoms with Crippen LogP contribution in [0.3, 0.4) is 0 Å². The first-order valence-corrected chi connectivity index (χ1v) is 10.7. The number of halogens is 2. The zero-order chi connectivity index (χ0) is 22.5. The lowest BCUT2D eigenvalue weighted by Gasteiger charge is -2.45. The topological polar surface area (TPSA) is 92.0 Å². The van der Waals surface area contributed by atoms with Crippen LogP contribution in [0, 0.1) is 0 Å². The summed E-state index contributed by atoms with van der Waals surface area (Å²) in [5.41, 5.74) is 2.22. The number of benzene rings is 1. The summed E-state index contributed by atoms with van der Waals surface area (Å²) in [4.78, 5) is 6.37. The average molecular weight is 441 g/mol. The van der Waals surface area contributed by atoms with E-state index in [0.29, 0.717) is 30.0 Å². The Hall–Kier alpha value is -3.14. The highest BCUT2D eigenvalue weighted by Crippen LogP contribution is 2.38. The minimum Gasteiger partial charge on any atom is -0.507 e. The first-order chi connectivity index (χ1) is 15.3. The van der Waals surface area contributed by atoms with Crippen LogP contribution in [0.4, 0.5) is 14.6 Å². The van der Waals surface area contributed by atoms with Gasteiger partial charge < -0.3 is 15.3 Å². The molecule has 2 saturated heterocycles. The second-order valence-corrected chi connectivity index (χ2v) is 8.84. The molecule has 3 aromatic rings. The zero-order valence-electron chi connectivity index (χ0n) is 17.9. The molecule has 8 nitrogen and oxygen atoms in total. The van der Waals surface area contributed by atoms with Gasteiger partial charge in [-0.05, 0) is 30.5 Å². The molecule has 0 amide bonds. The second-order valence-electron chi connectivity index (χ2n) is 8.84. The SMILES string of the molecule is CN(c1cnc(-c2ccc(-c3cnn(C)c3)cc2O)nn1)C1C[C@H]2CC(F)(F)C[C@H](C1)N2. The van der Waals surface area contributed by atoms with Crippen molar-refractivity contribution in [2.75, 3.05) is 11.9 Å². The van der Waals surface area contributed by atoms with E-state index < -0.39 is 5.92 Å². The third-order valence-corrected chi connectivity index (χ3v) is 6.41. The second kappa shape index (κ2) is 7.77. The predicted octanol–water partition coefficient (Wildman–Crippen LogP) is 3.00. The van der Waals surface area contributed by atoms with Crippen LogP contribution in [0.1, 0.15) is 25.7 Å². The Morgan fingerprint density at radius 2 is 1.88 bits per heavy atom. The number of phenolic OH excluding ortho intramolecular Hbond substituents is 1. The number of fused-ring (bicyclic) bond motifs is 2. The quantitative estimate of drug-likeness (QED) is 0.643. The smallest absolute Gasteiger partial charge is 0.251 e. The highest BCUT2D eigenvalue weighted by Gasteiger charge is 2.45. The van der Waals surface area contributed by atoms with Gasteiger partial charge in [0.2, 0.25) is 0 Å². The van der Waals surface area contributed by atoms with E-state index >= 15 is 0 Å². The summed E-state index contributed by atoms with van der Waals surface area (Å²) >= 11 is 0. The Morgan fingerprint density at radius 1 is 1.12 bits per heavy atom. The number of nitrogens with zero attached hydrogens (tertiary/aromatic N) is 6. The predicted molar refractivity (Wildman–Crippen MR) is 115 cm³/mol. The fourth-order valence-electron chi connectivity index (χ4n) is 4.84. The van der Waals surface area contributed by atoms with E-state index in [2.05, 4.69) is 25.6 Å². The molecule has 0 unspecified atom stereocenters. The summed E-state index contributed by atoms with van der Waals surface area (Å²) < 4.78 is 29.4. The van der Waals surface area contributed by atoms with Crippen molar-refractivity contribution in [2.24, 2.45) is 7.05 Å². The van der Waals surface area contributed by atoms with E-state index in [-0.39, 0.29) is 36.7 Å². The summed E-state index contributed by atoms with van der Waals surface area (Å²) in [7, 11) is 3.73. The van der Waals surface area contributed by atoms with Crippen LogP contribution in [-0.4, -0.2) is 61.2 Å². The molecule has 2 aliphatic heterocycles. The third kappa shape index (κ3) is 4.02. The molecule has 1 aromatic carbocycles. The van der Waals surface area contributed by atoms with E-state index in [4.69, 9.17) is 0 Å². The molecule has 168 valence electrons. The monoisotopic (exact) mass is 441 g/mol. The zero-order valence-corrected chi connectivity index (χ0v) is 17.9. The molecule has 10 heteroatoms. The van der Waals surface area contributed by atoms with Gasteiger partial charge >= 0.3 is 0 Å². The van der Waals surface area contributed by atoms with Crippen LogP contribution in [-0.2, 0) is 7.05 Å². The number of hydrogen-bond acceptors (Lipinski definition) is 7. The molecule has 2 bridgehead atoms. The Kier molecular flexibility index (Phi) is 5.04. The molecule has 2 N–H and O–H groups in total. The average Bonchev–Trinajstić information content (AvgIpc) is 3.18. The number of aromatic nitrogens is 5. The van der Waals surface area contributed by atoms with Crippen molar-refractivity contribution >= 4 is 5.82 Å². The maximum Gasteiger partial charge on any atom is 0.251 e. The van der Waals surface area contributed by atoms with Gasteiger partial charge in [0.25, 0.3) is 5.92 Å². The maximum atomic E-state index is 13.8. The molecule has 5 rings (SSSR count). The fraction of sp³-hybridized carbons (Fsp3) is 0.455. The Labute approximate surface area is 184 Å². The molecule has 2 aliphatic rings. The molecular weight excluding hydrogens is 416 g/mol. The Balaban J connectivity index is 1.31. The van der Waals surface area contributed by atoms with Gasteiger partial charge in [0, 0.05) is 56.8 Å². The number of phenols is 1. The van der Waals surface area contributed by atoms with Crippen molar-refractivity contribution in [3.8, 4) is 28.3 Å². The molecule has 0 saturated carbocycles. The largest absolute Gasteiger partial charge is 0.507 e. The minimum atomic E-state index is -2.58. The Bertz CT molecular complexity index is 1100. The summed E-state index contributed by atoms with van der Waals surface area (Å²) in [5.74, 6) is -1.63. The molecule has 2 aromatic heterocycles. The van der Waals surface area contributed by atoms with Crippen LogP contribution < -0.4 is 10.2 Å². The van der Waals surface area contributed by atoms with Crippen molar-refractivity contribution in [3.05, 3.63) is 36.8 Å². The third-order valence-electron chi connectivity index (χ3n) is 6.41. The van der Waals surface area contributed by atoms with Crippen molar-refractivity contribution < 1.29 is 13.9 Å². The van der Waals surface area contributed by atoms with Crippen molar-refractivity contribution in [1.29, 1.82) is 0 Å². The number of anilines is 1. The highest BCUT2D eigenvalue weighted by molar-refractivity contribution is 5.72. The van der Waals surface area contributed by atoms with Gasteiger partial charge in [-0.3, -0.25) is 4.68 Å². The molecule has 2 fully saturated rings. The van der Waals surface area contributed by atoms with Crippen molar-refractivity contribution in [3.63, 3.8) is 0 Å². The molecule has 0 aliphatic carbocycles. The molecule has 0 spiro atoms. The lowest BCUT2D eigenvalue weighted by Crippen LogP contribution is -2.58. The van der Waals surface area contributed by atoms with E-state index in [1.807, 2.05) is 31.3 Å². The van der Waals surface area contributed by atoms with Gasteiger partial charge in [0.05, 0.1) is 18.0 Å². The van der Waals surface area contributed by atoms with Gasteiger partial charge in [0.15, 0.2) is 11.6 Å². The van der Waals surface area contributed by atoms with E-state index in [9.17, 15) is 13.9 Å². The Morgan fingerprint density at radius 3 is 2.47 bits per heavy atom. The molecule has 2 atom stereocenters. The first kappa shape index (κ1) is 20.7. The van der Waals surface area contributed by atoms with Crippen LogP contribution in [0.5, 0.6) is 5.75 Å². The van der Waals surface area contributed by atoms with Gasteiger partial charge in [-0.15, -0.1) is 10.2 Å². The fourth-order valence-corrected chi connectivity index (χ4v) is 4.84.